The van der Waals surface area contributed by atoms with Crippen molar-refractivity contribution in [1.29, 1.82) is 0 Å². The van der Waals surface area contributed by atoms with Crippen molar-refractivity contribution in [2.24, 2.45) is 0 Å². The maximum Gasteiger partial charge on any atom is 0.418 e. The molecule has 0 aliphatic heterocycles. The van der Waals surface area contributed by atoms with Crippen LogP contribution in [0, 0.1) is 0 Å². The lowest BCUT2D eigenvalue weighted by Gasteiger charge is -2.14. The van der Waals surface area contributed by atoms with Crippen molar-refractivity contribution < 1.29 is 23.0 Å². The van der Waals surface area contributed by atoms with E-state index in [4.69, 9.17) is 5.11 Å². The van der Waals surface area contributed by atoms with E-state index >= 15 is 0 Å². The summed E-state index contributed by atoms with van der Waals surface area (Å²) in [5.41, 5.74) is -0.336. The third-order valence-corrected chi connectivity index (χ3v) is 1.60. The van der Waals surface area contributed by atoms with E-state index in [9.17, 15) is 13.2 Å². The fourth-order valence-electron chi connectivity index (χ4n) is 0.886. The first kappa shape index (κ1) is 10.8. The molecule has 6 heteroatoms. The number of aliphatic hydroxyl groups is 1. The molecule has 0 fully saturated rings. The van der Waals surface area contributed by atoms with Crippen molar-refractivity contribution in [3.05, 3.63) is 24.0 Å². The smallest absolute Gasteiger partial charge is 0.418 e. The van der Waals surface area contributed by atoms with E-state index < -0.39 is 12.3 Å². The molecule has 1 atom stereocenters. The molecule has 0 saturated carbocycles. The highest BCUT2D eigenvalue weighted by Crippen LogP contribution is 2.32. The number of hydrogen-bond acceptors (Lipinski definition) is 3. The van der Waals surface area contributed by atoms with Crippen LogP contribution in [0.25, 0.3) is 0 Å². The van der Waals surface area contributed by atoms with Crippen LogP contribution in [-0.2, 0) is 0 Å². The van der Waals surface area contributed by atoms with Crippen LogP contribution in [0.4, 0.5) is 13.2 Å². The van der Waals surface area contributed by atoms with Gasteiger partial charge in [0, 0.05) is 11.8 Å². The van der Waals surface area contributed by atoms with Crippen molar-refractivity contribution >= 4 is 0 Å². The van der Waals surface area contributed by atoms with Crippen LogP contribution in [0.15, 0.2) is 18.5 Å². The van der Waals surface area contributed by atoms with E-state index in [-0.39, 0.29) is 11.3 Å². The van der Waals surface area contributed by atoms with Crippen LogP contribution in [0.5, 0.6) is 5.75 Å². The Morgan fingerprint density at radius 3 is 2.57 bits per heavy atom. The number of hydrogen-bond donors (Lipinski definition) is 1. The molecule has 1 rings (SSSR count). The van der Waals surface area contributed by atoms with E-state index in [1.54, 1.807) is 0 Å². The predicted molar refractivity (Wildman–Crippen MR) is 41.8 cm³/mol. The molecular weight excluding hydrogens is 199 g/mol. The summed E-state index contributed by atoms with van der Waals surface area (Å²) in [7, 11) is 1.31. The summed E-state index contributed by atoms with van der Waals surface area (Å²) in [4.78, 5) is 3.51. The van der Waals surface area contributed by atoms with Gasteiger partial charge in [-0.2, -0.15) is 13.2 Å². The van der Waals surface area contributed by atoms with Gasteiger partial charge in [0.2, 0.25) is 0 Å². The number of ether oxygens (including phenoxy) is 1. The third-order valence-electron chi connectivity index (χ3n) is 1.60. The molecule has 1 aromatic heterocycles. The summed E-state index contributed by atoms with van der Waals surface area (Å²) in [5, 5.41) is 8.86. The number of alkyl halides is 3. The monoisotopic (exact) mass is 207 g/mol. The molecule has 0 amide bonds. The van der Waals surface area contributed by atoms with Gasteiger partial charge < -0.3 is 9.84 Å². The Morgan fingerprint density at radius 1 is 1.43 bits per heavy atom. The maximum atomic E-state index is 12.1. The molecule has 78 valence electrons. The van der Waals surface area contributed by atoms with E-state index in [1.807, 2.05) is 0 Å². The first-order chi connectivity index (χ1) is 6.45. The zero-order valence-corrected chi connectivity index (χ0v) is 7.25. The minimum absolute atomic E-state index is 0.172. The molecule has 14 heavy (non-hydrogen) atoms. The summed E-state index contributed by atoms with van der Waals surface area (Å²) in [6.07, 6.45) is -5.01. The fourth-order valence-corrected chi connectivity index (χ4v) is 0.886. The van der Waals surface area contributed by atoms with Gasteiger partial charge in [0.1, 0.15) is 5.75 Å². The average Bonchev–Trinajstić information content (AvgIpc) is 2.15. The number of pyridine rings is 1. The zero-order chi connectivity index (χ0) is 10.8. The Balaban J connectivity index is 2.95. The summed E-state index contributed by atoms with van der Waals surface area (Å²) in [6, 6.07) is 1.09. The van der Waals surface area contributed by atoms with Gasteiger partial charge in [0.15, 0.2) is 6.10 Å². The second kappa shape index (κ2) is 3.83. The van der Waals surface area contributed by atoms with Crippen molar-refractivity contribution in [3.8, 4) is 5.75 Å². The van der Waals surface area contributed by atoms with Gasteiger partial charge in [-0.1, -0.05) is 0 Å². The lowest BCUT2D eigenvalue weighted by molar-refractivity contribution is -0.206. The Labute approximate surface area is 78.2 Å². The van der Waals surface area contributed by atoms with Gasteiger partial charge in [0.25, 0.3) is 0 Å². The zero-order valence-electron chi connectivity index (χ0n) is 7.25. The maximum absolute atomic E-state index is 12.1. The highest BCUT2D eigenvalue weighted by molar-refractivity contribution is 5.25. The minimum atomic E-state index is -4.69. The van der Waals surface area contributed by atoms with Crippen molar-refractivity contribution in [2.45, 2.75) is 12.3 Å². The first-order valence-corrected chi connectivity index (χ1v) is 3.69. The van der Waals surface area contributed by atoms with E-state index in [0.29, 0.717) is 0 Å². The van der Waals surface area contributed by atoms with E-state index in [2.05, 4.69) is 9.72 Å². The number of aromatic nitrogens is 1. The summed E-state index contributed by atoms with van der Waals surface area (Å²) in [6.45, 7) is 0. The van der Waals surface area contributed by atoms with Gasteiger partial charge in [-0.05, 0) is 6.07 Å². The molecule has 1 N–H and O–H groups in total. The normalized spacial score (nSPS) is 13.8. The summed E-state index contributed by atoms with van der Waals surface area (Å²) >= 11 is 0. The van der Waals surface area contributed by atoms with Crippen LogP contribution in [-0.4, -0.2) is 23.4 Å². The summed E-state index contributed by atoms with van der Waals surface area (Å²) < 4.78 is 40.8. The van der Waals surface area contributed by atoms with Gasteiger partial charge in [-0.15, -0.1) is 0 Å². The molecule has 0 radical (unpaired) electrons. The summed E-state index contributed by atoms with van der Waals surface area (Å²) in [5.74, 6) is 0.172. The van der Waals surface area contributed by atoms with Gasteiger partial charge in [-0.25, -0.2) is 0 Å². The Hall–Kier alpha value is -1.30. The molecule has 0 unspecified atom stereocenters. The van der Waals surface area contributed by atoms with Crippen molar-refractivity contribution in [1.82, 2.24) is 4.98 Å². The topological polar surface area (TPSA) is 42.4 Å². The molecule has 1 aromatic rings. The number of methoxy groups -OCH3 is 1. The standard InChI is InChI=1S/C8H8F3NO2/c1-14-6-2-5(3-12-4-6)7(13)8(9,10)11/h2-4,7,13H,1H3/t7-/m1/s1. The Kier molecular flexibility index (Phi) is 2.95. The third kappa shape index (κ3) is 2.35. The largest absolute Gasteiger partial charge is 0.495 e. The highest BCUT2D eigenvalue weighted by Gasteiger charge is 2.39. The van der Waals surface area contributed by atoms with Crippen LogP contribution >= 0.6 is 0 Å². The van der Waals surface area contributed by atoms with Crippen molar-refractivity contribution in [2.75, 3.05) is 7.11 Å². The fraction of sp³-hybridized carbons (Fsp3) is 0.375. The molecule has 1 heterocycles. The molecule has 0 saturated heterocycles. The van der Waals surface area contributed by atoms with E-state index in [0.717, 1.165) is 12.3 Å². The highest BCUT2D eigenvalue weighted by atomic mass is 19.4. The molecular formula is C8H8F3NO2. The van der Waals surface area contributed by atoms with Gasteiger partial charge in [-0.3, -0.25) is 4.98 Å². The molecule has 0 aromatic carbocycles. The van der Waals surface area contributed by atoms with Crippen molar-refractivity contribution in [3.63, 3.8) is 0 Å². The van der Waals surface area contributed by atoms with Crippen LogP contribution in [0.1, 0.15) is 11.7 Å². The lowest BCUT2D eigenvalue weighted by atomic mass is 10.1. The molecule has 0 aliphatic carbocycles. The quantitative estimate of drug-likeness (QED) is 0.802. The second-order valence-corrected chi connectivity index (χ2v) is 2.60. The number of halogens is 3. The molecule has 0 bridgehead atoms. The van der Waals surface area contributed by atoms with Crippen LogP contribution < -0.4 is 4.74 Å². The average molecular weight is 207 g/mol. The Morgan fingerprint density at radius 2 is 2.07 bits per heavy atom. The first-order valence-electron chi connectivity index (χ1n) is 3.69. The minimum Gasteiger partial charge on any atom is -0.495 e. The SMILES string of the molecule is COc1cncc([C@@H](O)C(F)(F)F)c1. The molecule has 0 spiro atoms. The molecule has 0 aliphatic rings. The second-order valence-electron chi connectivity index (χ2n) is 2.60. The predicted octanol–water partition coefficient (Wildman–Crippen LogP) is 1.69. The lowest BCUT2D eigenvalue weighted by Crippen LogP contribution is -2.20. The van der Waals surface area contributed by atoms with Crippen LogP contribution in [0.3, 0.4) is 0 Å². The number of nitrogens with zero attached hydrogens (tertiary/aromatic N) is 1. The Bertz CT molecular complexity index is 314. The molecule has 3 nitrogen and oxygen atoms in total. The van der Waals surface area contributed by atoms with Gasteiger partial charge >= 0.3 is 6.18 Å². The number of rotatable bonds is 2. The number of aliphatic hydroxyl groups excluding tert-OH is 1. The van der Waals surface area contributed by atoms with E-state index in [1.165, 1.54) is 13.3 Å². The van der Waals surface area contributed by atoms with Crippen LogP contribution in [0.2, 0.25) is 0 Å². The van der Waals surface area contributed by atoms with Gasteiger partial charge in [0.05, 0.1) is 13.3 Å².